The molecule has 2 aromatic rings. The monoisotopic (exact) mass is 221 g/mol. The second-order valence-electron chi connectivity index (χ2n) is 3.67. The third-order valence-corrected chi connectivity index (χ3v) is 2.28. The van der Waals surface area contributed by atoms with Crippen molar-refractivity contribution < 1.29 is 8.91 Å². The molecule has 84 valence electrons. The van der Waals surface area contributed by atoms with Gasteiger partial charge in [0.25, 0.3) is 0 Å². The number of aromatic nitrogens is 1. The molecule has 0 fully saturated rings. The molecule has 0 unspecified atom stereocenters. The second-order valence-corrected chi connectivity index (χ2v) is 3.67. The third-order valence-electron chi connectivity index (χ3n) is 2.28. The fraction of sp³-hybridized carbons (Fsp3) is 0.182. The van der Waals surface area contributed by atoms with Gasteiger partial charge in [0, 0.05) is 19.7 Å². The van der Waals surface area contributed by atoms with E-state index in [4.69, 9.17) is 10.3 Å². The van der Waals surface area contributed by atoms with Crippen LogP contribution in [0.25, 0.3) is 11.3 Å². The molecule has 16 heavy (non-hydrogen) atoms. The van der Waals surface area contributed by atoms with Gasteiger partial charge in [-0.15, -0.1) is 0 Å². The summed E-state index contributed by atoms with van der Waals surface area (Å²) in [6, 6.07) is 4.42. The zero-order chi connectivity index (χ0) is 11.7. The second kappa shape index (κ2) is 3.84. The van der Waals surface area contributed by atoms with Crippen molar-refractivity contribution in [3.63, 3.8) is 0 Å². The summed E-state index contributed by atoms with van der Waals surface area (Å²) in [4.78, 5) is 1.79. The first-order chi connectivity index (χ1) is 7.59. The Morgan fingerprint density at radius 1 is 1.38 bits per heavy atom. The molecule has 0 aliphatic rings. The maximum Gasteiger partial charge on any atom is 0.191 e. The Bertz CT molecular complexity index is 508. The van der Waals surface area contributed by atoms with Crippen LogP contribution in [0.4, 0.5) is 15.8 Å². The van der Waals surface area contributed by atoms with E-state index in [2.05, 4.69) is 5.16 Å². The fourth-order valence-electron chi connectivity index (χ4n) is 1.52. The number of hydrogen-bond donors (Lipinski definition) is 1. The molecule has 2 N–H and O–H groups in total. The molecule has 1 aromatic carbocycles. The summed E-state index contributed by atoms with van der Waals surface area (Å²) in [7, 11) is 3.65. The molecule has 0 bridgehead atoms. The highest BCUT2D eigenvalue weighted by atomic mass is 19.1. The van der Waals surface area contributed by atoms with Crippen molar-refractivity contribution in [3.05, 3.63) is 30.2 Å². The van der Waals surface area contributed by atoms with Gasteiger partial charge in [0.15, 0.2) is 5.76 Å². The Kier molecular flexibility index (Phi) is 2.52. The molecule has 1 aromatic heterocycles. The number of anilines is 2. The summed E-state index contributed by atoms with van der Waals surface area (Å²) >= 11 is 0. The van der Waals surface area contributed by atoms with Crippen LogP contribution < -0.4 is 10.6 Å². The molecule has 5 heteroatoms. The Morgan fingerprint density at radius 3 is 2.69 bits per heavy atom. The molecule has 1 heterocycles. The first-order valence-corrected chi connectivity index (χ1v) is 4.77. The van der Waals surface area contributed by atoms with Gasteiger partial charge in [-0.3, -0.25) is 0 Å². The van der Waals surface area contributed by atoms with Gasteiger partial charge in [-0.1, -0.05) is 5.16 Å². The highest BCUT2D eigenvalue weighted by Crippen LogP contribution is 2.33. The van der Waals surface area contributed by atoms with Crippen LogP contribution in [0.3, 0.4) is 0 Å². The van der Waals surface area contributed by atoms with E-state index in [1.54, 1.807) is 11.0 Å². The Labute approximate surface area is 92.4 Å². The normalized spacial score (nSPS) is 10.4. The van der Waals surface area contributed by atoms with Gasteiger partial charge in [0.2, 0.25) is 0 Å². The topological polar surface area (TPSA) is 55.3 Å². The van der Waals surface area contributed by atoms with E-state index >= 15 is 0 Å². The first-order valence-electron chi connectivity index (χ1n) is 4.77. The van der Waals surface area contributed by atoms with E-state index in [9.17, 15) is 4.39 Å². The molecule has 0 amide bonds. The molecule has 4 nitrogen and oxygen atoms in total. The van der Waals surface area contributed by atoms with Gasteiger partial charge in [-0.05, 0) is 18.2 Å². The van der Waals surface area contributed by atoms with E-state index in [0.29, 0.717) is 17.1 Å². The third kappa shape index (κ3) is 1.71. The predicted octanol–water partition coefficient (Wildman–Crippen LogP) is 2.13. The van der Waals surface area contributed by atoms with Crippen LogP contribution in [0.2, 0.25) is 0 Å². The van der Waals surface area contributed by atoms with Gasteiger partial charge in [0.05, 0.1) is 11.9 Å². The van der Waals surface area contributed by atoms with Crippen LogP contribution in [0, 0.1) is 5.82 Å². The van der Waals surface area contributed by atoms with E-state index in [1.807, 2.05) is 14.1 Å². The summed E-state index contributed by atoms with van der Waals surface area (Å²) < 4.78 is 18.2. The number of rotatable bonds is 2. The van der Waals surface area contributed by atoms with Gasteiger partial charge in [-0.25, -0.2) is 4.39 Å². The molecule has 0 radical (unpaired) electrons. The number of hydrogen-bond acceptors (Lipinski definition) is 4. The highest BCUT2D eigenvalue weighted by molar-refractivity contribution is 5.81. The van der Waals surface area contributed by atoms with E-state index in [-0.39, 0.29) is 5.82 Å². The van der Waals surface area contributed by atoms with Crippen LogP contribution >= 0.6 is 0 Å². The van der Waals surface area contributed by atoms with Gasteiger partial charge in [0.1, 0.15) is 11.5 Å². The molecule has 2 rings (SSSR count). The number of nitrogens with zero attached hydrogens (tertiary/aromatic N) is 2. The van der Waals surface area contributed by atoms with Crippen LogP contribution in [0.15, 0.2) is 28.9 Å². The smallest absolute Gasteiger partial charge is 0.191 e. The van der Waals surface area contributed by atoms with Crippen molar-refractivity contribution in [2.24, 2.45) is 0 Å². The van der Waals surface area contributed by atoms with Gasteiger partial charge in [-0.2, -0.15) is 0 Å². The van der Waals surface area contributed by atoms with E-state index in [0.717, 1.165) is 5.56 Å². The van der Waals surface area contributed by atoms with Crippen molar-refractivity contribution in [1.82, 2.24) is 5.16 Å². The number of halogens is 1. The van der Waals surface area contributed by atoms with Crippen molar-refractivity contribution in [2.45, 2.75) is 0 Å². The van der Waals surface area contributed by atoms with Gasteiger partial charge < -0.3 is 15.2 Å². The predicted molar refractivity (Wildman–Crippen MR) is 60.6 cm³/mol. The van der Waals surface area contributed by atoms with Crippen molar-refractivity contribution in [2.75, 3.05) is 24.7 Å². The molecular formula is C11H12FN3O. The number of nitrogen functional groups attached to an aromatic ring is 1. The Morgan fingerprint density at radius 2 is 2.12 bits per heavy atom. The molecular weight excluding hydrogens is 209 g/mol. The molecule has 0 saturated carbocycles. The summed E-state index contributed by atoms with van der Waals surface area (Å²) in [5.74, 6) is 0.161. The average molecular weight is 221 g/mol. The SMILES string of the molecule is CN(C)c1cc(F)ccc1-c1oncc1N. The lowest BCUT2D eigenvalue weighted by Gasteiger charge is -2.16. The maximum absolute atomic E-state index is 13.1. The lowest BCUT2D eigenvalue weighted by Crippen LogP contribution is -2.10. The summed E-state index contributed by atoms with van der Waals surface area (Å²) in [6.45, 7) is 0. The number of nitrogens with two attached hydrogens (primary N) is 1. The minimum absolute atomic E-state index is 0.300. The molecule has 0 saturated heterocycles. The van der Waals surface area contributed by atoms with Crippen LogP contribution in [-0.2, 0) is 0 Å². The number of benzene rings is 1. The Balaban J connectivity index is 2.61. The standard InChI is InChI=1S/C11H12FN3O/c1-15(2)10-5-7(12)3-4-8(10)11-9(13)6-14-16-11/h3-6H,13H2,1-2H3. The molecule has 0 atom stereocenters. The van der Waals surface area contributed by atoms with Crippen molar-refractivity contribution in [1.29, 1.82) is 0 Å². The van der Waals surface area contributed by atoms with Crippen LogP contribution in [0.5, 0.6) is 0 Å². The molecule has 0 aliphatic carbocycles. The zero-order valence-electron chi connectivity index (χ0n) is 9.07. The maximum atomic E-state index is 13.1. The summed E-state index contributed by atoms with van der Waals surface area (Å²) in [5.41, 5.74) is 7.57. The fourth-order valence-corrected chi connectivity index (χ4v) is 1.52. The Hall–Kier alpha value is -2.04. The van der Waals surface area contributed by atoms with Gasteiger partial charge >= 0.3 is 0 Å². The minimum Gasteiger partial charge on any atom is -0.394 e. The van der Waals surface area contributed by atoms with E-state index < -0.39 is 0 Å². The average Bonchev–Trinajstić information content (AvgIpc) is 2.64. The highest BCUT2D eigenvalue weighted by Gasteiger charge is 2.14. The molecule has 0 spiro atoms. The van der Waals surface area contributed by atoms with E-state index in [1.165, 1.54) is 18.3 Å². The summed E-state index contributed by atoms with van der Waals surface area (Å²) in [5, 5.41) is 3.61. The van der Waals surface area contributed by atoms with Crippen molar-refractivity contribution >= 4 is 11.4 Å². The molecule has 0 aliphatic heterocycles. The van der Waals surface area contributed by atoms with Crippen LogP contribution in [-0.4, -0.2) is 19.3 Å². The lowest BCUT2D eigenvalue weighted by atomic mass is 10.1. The van der Waals surface area contributed by atoms with Crippen molar-refractivity contribution in [3.8, 4) is 11.3 Å². The summed E-state index contributed by atoms with van der Waals surface area (Å²) in [6.07, 6.45) is 1.43. The minimum atomic E-state index is -0.300. The quantitative estimate of drug-likeness (QED) is 0.844. The first kappa shape index (κ1) is 10.5. The van der Waals surface area contributed by atoms with Crippen LogP contribution in [0.1, 0.15) is 0 Å². The lowest BCUT2D eigenvalue weighted by molar-refractivity contribution is 0.432. The largest absolute Gasteiger partial charge is 0.394 e. The zero-order valence-corrected chi connectivity index (χ0v) is 9.07.